The summed E-state index contributed by atoms with van der Waals surface area (Å²) < 4.78 is 5.73. The van der Waals surface area contributed by atoms with Crippen molar-refractivity contribution < 1.29 is 14.9 Å². The molecule has 1 heterocycles. The summed E-state index contributed by atoms with van der Waals surface area (Å²) in [5.74, 6) is 1.48. The fourth-order valence-corrected chi connectivity index (χ4v) is 4.11. The molecular weight excluding hydrogens is 290 g/mol. The van der Waals surface area contributed by atoms with Gasteiger partial charge in [-0.05, 0) is 62.9 Å². The molecule has 1 aromatic carbocycles. The van der Waals surface area contributed by atoms with Gasteiger partial charge in [-0.2, -0.15) is 0 Å². The van der Waals surface area contributed by atoms with Crippen LogP contribution in [0.25, 0.3) is 0 Å². The van der Waals surface area contributed by atoms with Crippen LogP contribution in [0.4, 0.5) is 0 Å². The Labute approximate surface area is 137 Å². The molecule has 2 fully saturated rings. The van der Waals surface area contributed by atoms with E-state index in [1.165, 1.54) is 12.8 Å². The Morgan fingerprint density at radius 2 is 2.17 bits per heavy atom. The number of phenols is 1. The van der Waals surface area contributed by atoms with Crippen LogP contribution in [0.3, 0.4) is 0 Å². The molecule has 1 saturated carbocycles. The molecule has 0 spiro atoms. The zero-order chi connectivity index (χ0) is 16.0. The summed E-state index contributed by atoms with van der Waals surface area (Å²) in [6.07, 6.45) is 7.92. The highest BCUT2D eigenvalue weighted by Crippen LogP contribution is 2.47. The van der Waals surface area contributed by atoms with Gasteiger partial charge in [-0.3, -0.25) is 0 Å². The standard InChI is InChI=1S/C19H25NO3/c1-20-9-8-19(7-6-15(21)11-18(19)20)14-4-5-17(16(22)10-14)23-12-13-2-3-13/h4-7,10,13,15,18,21-22H,2-3,8-9,11-12H2,1H3/t15-,18-,19-/m0/s1. The number of rotatable bonds is 4. The van der Waals surface area contributed by atoms with Crippen LogP contribution in [0.1, 0.15) is 31.2 Å². The maximum absolute atomic E-state index is 10.4. The van der Waals surface area contributed by atoms with Crippen LogP contribution < -0.4 is 4.74 Å². The van der Waals surface area contributed by atoms with Gasteiger partial charge in [0.25, 0.3) is 0 Å². The van der Waals surface area contributed by atoms with Crippen molar-refractivity contribution in [2.75, 3.05) is 20.2 Å². The Morgan fingerprint density at radius 1 is 1.35 bits per heavy atom. The molecule has 0 radical (unpaired) electrons. The van der Waals surface area contributed by atoms with Crippen molar-refractivity contribution in [2.24, 2.45) is 5.92 Å². The number of nitrogens with zero attached hydrogens (tertiary/aromatic N) is 1. The summed E-state index contributed by atoms with van der Waals surface area (Å²) in [4.78, 5) is 2.32. The van der Waals surface area contributed by atoms with Gasteiger partial charge in [-0.25, -0.2) is 0 Å². The summed E-state index contributed by atoms with van der Waals surface area (Å²) in [5, 5.41) is 20.4. The second kappa shape index (κ2) is 5.53. The average Bonchev–Trinajstić information content (AvgIpc) is 3.31. The predicted octanol–water partition coefficient (Wildman–Crippen LogP) is 2.44. The Hall–Kier alpha value is -1.52. The molecule has 3 aliphatic rings. The van der Waals surface area contributed by atoms with Gasteiger partial charge >= 0.3 is 0 Å². The van der Waals surface area contributed by atoms with Gasteiger partial charge in [0, 0.05) is 11.5 Å². The van der Waals surface area contributed by atoms with E-state index in [0.29, 0.717) is 18.3 Å². The summed E-state index contributed by atoms with van der Waals surface area (Å²) in [7, 11) is 2.12. The summed E-state index contributed by atoms with van der Waals surface area (Å²) in [6.45, 7) is 1.71. The van der Waals surface area contributed by atoms with Crippen LogP contribution in [0.2, 0.25) is 0 Å². The van der Waals surface area contributed by atoms with Gasteiger partial charge in [-0.1, -0.05) is 18.2 Å². The molecule has 4 rings (SSSR count). The molecule has 23 heavy (non-hydrogen) atoms. The Balaban J connectivity index is 1.63. The van der Waals surface area contributed by atoms with Crippen molar-refractivity contribution in [3.8, 4) is 11.5 Å². The van der Waals surface area contributed by atoms with E-state index < -0.39 is 0 Å². The second-order valence-electron chi connectivity index (χ2n) is 7.39. The minimum atomic E-state index is -0.372. The lowest BCUT2D eigenvalue weighted by molar-refractivity contribution is 0.137. The predicted molar refractivity (Wildman–Crippen MR) is 88.8 cm³/mol. The molecule has 3 atom stereocenters. The van der Waals surface area contributed by atoms with E-state index >= 15 is 0 Å². The topological polar surface area (TPSA) is 52.9 Å². The Bertz CT molecular complexity index is 625. The molecule has 4 heteroatoms. The van der Waals surface area contributed by atoms with E-state index in [1.807, 2.05) is 18.2 Å². The quantitative estimate of drug-likeness (QED) is 0.838. The van der Waals surface area contributed by atoms with Crippen molar-refractivity contribution in [1.29, 1.82) is 0 Å². The lowest BCUT2D eigenvalue weighted by Gasteiger charge is -2.39. The van der Waals surface area contributed by atoms with E-state index in [4.69, 9.17) is 4.74 Å². The van der Waals surface area contributed by atoms with Gasteiger partial charge in [0.1, 0.15) is 0 Å². The van der Waals surface area contributed by atoms with Gasteiger partial charge in [0.05, 0.1) is 12.7 Å². The molecule has 124 valence electrons. The molecule has 0 aromatic heterocycles. The van der Waals surface area contributed by atoms with Gasteiger partial charge in [0.15, 0.2) is 11.5 Å². The summed E-state index contributed by atoms with van der Waals surface area (Å²) >= 11 is 0. The van der Waals surface area contributed by atoms with E-state index in [1.54, 1.807) is 0 Å². The number of fused-ring (bicyclic) bond motifs is 1. The number of ether oxygens (including phenoxy) is 1. The molecule has 1 saturated heterocycles. The number of phenolic OH excluding ortho intramolecular Hbond substituents is 1. The first-order valence-corrected chi connectivity index (χ1v) is 8.62. The molecule has 2 N–H and O–H groups in total. The van der Waals surface area contributed by atoms with E-state index in [0.717, 1.165) is 24.9 Å². The first-order chi connectivity index (χ1) is 11.1. The van der Waals surface area contributed by atoms with Crippen LogP contribution in [-0.4, -0.2) is 47.5 Å². The Kier molecular flexibility index (Phi) is 3.62. The average molecular weight is 315 g/mol. The monoisotopic (exact) mass is 315 g/mol. The number of aliphatic hydroxyl groups excluding tert-OH is 1. The van der Waals surface area contributed by atoms with Crippen molar-refractivity contribution >= 4 is 0 Å². The fourth-order valence-electron chi connectivity index (χ4n) is 4.11. The zero-order valence-electron chi connectivity index (χ0n) is 13.6. The highest BCUT2D eigenvalue weighted by molar-refractivity contribution is 5.48. The smallest absolute Gasteiger partial charge is 0.160 e. The third-order valence-corrected chi connectivity index (χ3v) is 5.75. The number of likely N-dealkylation sites (N-methyl/N-ethyl adjacent to an activating group) is 1. The number of hydrogen-bond donors (Lipinski definition) is 2. The third-order valence-electron chi connectivity index (χ3n) is 5.75. The summed E-state index contributed by atoms with van der Waals surface area (Å²) in [5.41, 5.74) is 1.01. The molecular formula is C19H25NO3. The lowest BCUT2D eigenvalue weighted by atomic mass is 9.69. The van der Waals surface area contributed by atoms with Crippen molar-refractivity contribution in [3.63, 3.8) is 0 Å². The normalized spacial score (nSPS) is 33.7. The van der Waals surface area contributed by atoms with E-state index in [9.17, 15) is 10.2 Å². The van der Waals surface area contributed by atoms with Crippen LogP contribution >= 0.6 is 0 Å². The summed E-state index contributed by atoms with van der Waals surface area (Å²) in [6, 6.07) is 6.11. The zero-order valence-corrected chi connectivity index (χ0v) is 13.6. The fraction of sp³-hybridized carbons (Fsp3) is 0.579. The van der Waals surface area contributed by atoms with Crippen molar-refractivity contribution in [3.05, 3.63) is 35.9 Å². The van der Waals surface area contributed by atoms with Crippen LogP contribution in [0.5, 0.6) is 11.5 Å². The van der Waals surface area contributed by atoms with Gasteiger partial charge in [0.2, 0.25) is 0 Å². The molecule has 0 unspecified atom stereocenters. The molecule has 0 bridgehead atoms. The first kappa shape index (κ1) is 15.0. The Morgan fingerprint density at radius 3 is 2.91 bits per heavy atom. The SMILES string of the molecule is CN1CC[C@]2(c3ccc(OCC4CC4)c(O)c3)C=C[C@H](O)C[C@H]12. The minimum Gasteiger partial charge on any atom is -0.504 e. The van der Waals surface area contributed by atoms with Crippen molar-refractivity contribution in [1.82, 2.24) is 4.90 Å². The van der Waals surface area contributed by atoms with E-state index in [-0.39, 0.29) is 23.3 Å². The van der Waals surface area contributed by atoms with Gasteiger partial charge in [-0.15, -0.1) is 0 Å². The van der Waals surface area contributed by atoms with Crippen LogP contribution in [0, 0.1) is 5.92 Å². The lowest BCUT2D eigenvalue weighted by Crippen LogP contribution is -2.44. The second-order valence-corrected chi connectivity index (χ2v) is 7.39. The number of aromatic hydroxyl groups is 1. The van der Waals surface area contributed by atoms with E-state index in [2.05, 4.69) is 24.1 Å². The molecule has 1 aromatic rings. The minimum absolute atomic E-state index is 0.111. The maximum Gasteiger partial charge on any atom is 0.160 e. The number of benzene rings is 1. The molecule has 2 aliphatic carbocycles. The largest absolute Gasteiger partial charge is 0.504 e. The highest BCUT2D eigenvalue weighted by atomic mass is 16.5. The number of aliphatic hydroxyl groups is 1. The van der Waals surface area contributed by atoms with Crippen LogP contribution in [-0.2, 0) is 5.41 Å². The maximum atomic E-state index is 10.4. The molecule has 4 nitrogen and oxygen atoms in total. The van der Waals surface area contributed by atoms with Crippen molar-refractivity contribution in [2.45, 2.75) is 43.2 Å². The number of likely N-dealkylation sites (tertiary alicyclic amines) is 1. The van der Waals surface area contributed by atoms with Gasteiger partial charge < -0.3 is 19.8 Å². The number of hydrogen-bond acceptors (Lipinski definition) is 4. The highest BCUT2D eigenvalue weighted by Gasteiger charge is 2.48. The third kappa shape index (κ3) is 2.64. The van der Waals surface area contributed by atoms with Crippen LogP contribution in [0.15, 0.2) is 30.4 Å². The first-order valence-electron chi connectivity index (χ1n) is 8.62. The molecule has 1 aliphatic heterocycles. The molecule has 0 amide bonds.